The third kappa shape index (κ3) is 0.664. The van der Waals surface area contributed by atoms with Crippen molar-refractivity contribution in [2.75, 3.05) is 0 Å². The molecule has 2 bridgehead atoms. The molecule has 5 nitrogen and oxygen atoms in total. The zero-order chi connectivity index (χ0) is 11.0. The van der Waals surface area contributed by atoms with Gasteiger partial charge in [-0.3, -0.25) is 14.8 Å². The van der Waals surface area contributed by atoms with Gasteiger partial charge in [-0.05, 0) is 26.7 Å². The molecular weight excluding hydrogens is 198 g/mol. The largest absolute Gasteiger partial charge is 0.373 e. The summed E-state index contributed by atoms with van der Waals surface area (Å²) in [6.07, 6.45) is 1.15. The van der Waals surface area contributed by atoms with Gasteiger partial charge in [-0.15, -0.1) is 0 Å². The third-order valence-corrected chi connectivity index (χ3v) is 4.66. The summed E-state index contributed by atoms with van der Waals surface area (Å²) >= 11 is 0. The van der Waals surface area contributed by atoms with Crippen LogP contribution in [0, 0.1) is 10.8 Å². The van der Waals surface area contributed by atoms with Crippen molar-refractivity contribution in [3.05, 3.63) is 0 Å². The van der Waals surface area contributed by atoms with E-state index >= 15 is 0 Å². The Morgan fingerprint density at radius 1 is 1.20 bits per heavy atom. The molecule has 0 radical (unpaired) electrons. The minimum Gasteiger partial charge on any atom is -0.373 e. The lowest BCUT2D eigenvalue weighted by molar-refractivity contribution is -0.178. The second-order valence-corrected chi connectivity index (χ2v) is 5.02. The molecule has 0 aromatic rings. The number of hydrogen-bond acceptors (Lipinski definition) is 4. The van der Waals surface area contributed by atoms with E-state index in [1.54, 1.807) is 13.8 Å². The second kappa shape index (κ2) is 2.25. The molecule has 0 spiro atoms. The SMILES string of the molecule is C[C@@]12C(=O)N(O)C(=O)[C@]1(C)[C@@H]1CC[C@@H]2O1. The minimum atomic E-state index is -0.873. The Morgan fingerprint density at radius 3 is 2.00 bits per heavy atom. The Balaban J connectivity index is 2.22. The molecule has 0 aromatic heterocycles. The maximum absolute atomic E-state index is 11.9. The summed E-state index contributed by atoms with van der Waals surface area (Å²) in [6, 6.07) is 0. The number of ether oxygens (including phenoxy) is 1. The van der Waals surface area contributed by atoms with Gasteiger partial charge in [0.2, 0.25) is 0 Å². The van der Waals surface area contributed by atoms with E-state index < -0.39 is 22.6 Å². The van der Waals surface area contributed by atoms with Crippen LogP contribution < -0.4 is 0 Å². The number of nitrogens with zero attached hydrogens (tertiary/aromatic N) is 1. The standard InChI is InChI=1S/C10H13NO4/c1-9-5-3-4-6(15-5)10(9,2)8(13)11(14)7(9)12/h5-6,14H,3-4H2,1-2H3/t5-,6-,9-,10+/m0/s1. The number of imide groups is 1. The molecule has 4 atom stereocenters. The van der Waals surface area contributed by atoms with Crippen molar-refractivity contribution in [3.8, 4) is 0 Å². The van der Waals surface area contributed by atoms with Crippen LogP contribution in [-0.2, 0) is 14.3 Å². The van der Waals surface area contributed by atoms with Crippen molar-refractivity contribution in [2.45, 2.75) is 38.9 Å². The number of hydrogen-bond donors (Lipinski definition) is 1. The summed E-state index contributed by atoms with van der Waals surface area (Å²) in [4.78, 5) is 23.8. The maximum atomic E-state index is 11.9. The van der Waals surface area contributed by atoms with Gasteiger partial charge >= 0.3 is 0 Å². The van der Waals surface area contributed by atoms with Crippen LogP contribution in [0.1, 0.15) is 26.7 Å². The van der Waals surface area contributed by atoms with E-state index in [4.69, 9.17) is 4.74 Å². The van der Waals surface area contributed by atoms with Gasteiger partial charge in [-0.2, -0.15) is 5.06 Å². The van der Waals surface area contributed by atoms with Crippen LogP contribution in [0.3, 0.4) is 0 Å². The van der Waals surface area contributed by atoms with Gasteiger partial charge in [-0.25, -0.2) is 0 Å². The Labute approximate surface area is 87.0 Å². The first-order valence-corrected chi connectivity index (χ1v) is 5.17. The summed E-state index contributed by atoms with van der Waals surface area (Å²) in [5.74, 6) is -1.02. The first-order chi connectivity index (χ1) is 6.94. The highest BCUT2D eigenvalue weighted by molar-refractivity contribution is 6.09. The smallest absolute Gasteiger partial charge is 0.263 e. The van der Waals surface area contributed by atoms with Crippen molar-refractivity contribution < 1.29 is 19.5 Å². The zero-order valence-electron chi connectivity index (χ0n) is 8.69. The van der Waals surface area contributed by atoms with Gasteiger partial charge in [-0.1, -0.05) is 0 Å². The van der Waals surface area contributed by atoms with Crippen LogP contribution in [0.4, 0.5) is 0 Å². The van der Waals surface area contributed by atoms with Crippen LogP contribution in [0.15, 0.2) is 0 Å². The van der Waals surface area contributed by atoms with E-state index in [9.17, 15) is 14.8 Å². The van der Waals surface area contributed by atoms with Gasteiger partial charge in [0.05, 0.1) is 23.0 Å². The highest BCUT2D eigenvalue weighted by atomic mass is 16.5. The molecule has 0 saturated carbocycles. The van der Waals surface area contributed by atoms with Crippen LogP contribution in [-0.4, -0.2) is 34.3 Å². The molecule has 3 heterocycles. The molecule has 3 rings (SSSR count). The summed E-state index contributed by atoms with van der Waals surface area (Å²) in [5, 5.41) is 9.73. The highest BCUT2D eigenvalue weighted by Crippen LogP contribution is 2.63. The molecule has 15 heavy (non-hydrogen) atoms. The molecule has 3 saturated heterocycles. The predicted molar refractivity (Wildman–Crippen MR) is 47.7 cm³/mol. The molecule has 0 unspecified atom stereocenters. The average molecular weight is 211 g/mol. The van der Waals surface area contributed by atoms with E-state index in [0.717, 1.165) is 12.8 Å². The second-order valence-electron chi connectivity index (χ2n) is 5.02. The Kier molecular flexibility index (Phi) is 1.39. The lowest BCUT2D eigenvalue weighted by Crippen LogP contribution is -2.48. The fourth-order valence-corrected chi connectivity index (χ4v) is 3.41. The highest BCUT2D eigenvalue weighted by Gasteiger charge is 2.77. The first kappa shape index (κ1) is 9.30. The van der Waals surface area contributed by atoms with Gasteiger partial charge in [0.1, 0.15) is 0 Å². The molecule has 1 N–H and O–H groups in total. The Hall–Kier alpha value is -0.940. The minimum absolute atomic E-state index is 0.221. The summed E-state index contributed by atoms with van der Waals surface area (Å²) < 4.78 is 5.66. The van der Waals surface area contributed by atoms with E-state index in [1.807, 2.05) is 0 Å². The molecule has 0 aromatic carbocycles. The maximum Gasteiger partial charge on any atom is 0.263 e. The molecule has 0 aliphatic carbocycles. The number of amides is 2. The fourth-order valence-electron chi connectivity index (χ4n) is 3.41. The van der Waals surface area contributed by atoms with Crippen molar-refractivity contribution >= 4 is 11.8 Å². The molecule has 5 heteroatoms. The van der Waals surface area contributed by atoms with Gasteiger partial charge in [0.25, 0.3) is 11.8 Å². The van der Waals surface area contributed by atoms with Crippen molar-refractivity contribution in [2.24, 2.45) is 10.8 Å². The van der Waals surface area contributed by atoms with E-state index in [1.165, 1.54) is 0 Å². The topological polar surface area (TPSA) is 66.8 Å². The number of rotatable bonds is 0. The molecule has 3 aliphatic heterocycles. The summed E-state index contributed by atoms with van der Waals surface area (Å²) in [5.41, 5.74) is -1.75. The summed E-state index contributed by atoms with van der Waals surface area (Å²) in [7, 11) is 0. The molecular formula is C10H13NO4. The van der Waals surface area contributed by atoms with Crippen LogP contribution in [0.25, 0.3) is 0 Å². The fraction of sp³-hybridized carbons (Fsp3) is 0.800. The quantitative estimate of drug-likeness (QED) is 0.463. The summed E-state index contributed by atoms with van der Waals surface area (Å²) in [6.45, 7) is 3.46. The Bertz CT molecular complexity index is 348. The number of fused-ring (bicyclic) bond motifs is 5. The van der Waals surface area contributed by atoms with Crippen LogP contribution >= 0.6 is 0 Å². The van der Waals surface area contributed by atoms with Crippen molar-refractivity contribution in [3.63, 3.8) is 0 Å². The van der Waals surface area contributed by atoms with Gasteiger partial charge in [0.15, 0.2) is 0 Å². The van der Waals surface area contributed by atoms with E-state index in [0.29, 0.717) is 0 Å². The average Bonchev–Trinajstić information content (AvgIpc) is 2.81. The molecule has 3 aliphatic rings. The lowest BCUT2D eigenvalue weighted by Gasteiger charge is -2.36. The molecule has 3 fully saturated rings. The van der Waals surface area contributed by atoms with E-state index in [-0.39, 0.29) is 17.3 Å². The number of carbonyl (C=O) groups excluding carboxylic acids is 2. The first-order valence-electron chi connectivity index (χ1n) is 5.17. The third-order valence-electron chi connectivity index (χ3n) is 4.66. The van der Waals surface area contributed by atoms with Crippen molar-refractivity contribution in [1.29, 1.82) is 0 Å². The zero-order valence-corrected chi connectivity index (χ0v) is 8.69. The van der Waals surface area contributed by atoms with Crippen LogP contribution in [0.5, 0.6) is 0 Å². The molecule has 2 amide bonds. The van der Waals surface area contributed by atoms with Gasteiger partial charge < -0.3 is 4.74 Å². The lowest BCUT2D eigenvalue weighted by atomic mass is 9.59. The molecule has 82 valence electrons. The van der Waals surface area contributed by atoms with Crippen LogP contribution in [0.2, 0.25) is 0 Å². The predicted octanol–water partition coefficient (Wildman–Crippen LogP) is 0.318. The normalized spacial score (nSPS) is 52.9. The van der Waals surface area contributed by atoms with E-state index in [2.05, 4.69) is 0 Å². The monoisotopic (exact) mass is 211 g/mol. The number of carbonyl (C=O) groups is 2. The van der Waals surface area contributed by atoms with Gasteiger partial charge in [0, 0.05) is 0 Å². The Morgan fingerprint density at radius 2 is 1.60 bits per heavy atom. The number of hydroxylamine groups is 2. The van der Waals surface area contributed by atoms with Crippen molar-refractivity contribution in [1.82, 2.24) is 5.06 Å².